The van der Waals surface area contributed by atoms with E-state index in [0.29, 0.717) is 31.5 Å². The molecule has 1 aromatic carbocycles. The lowest BCUT2D eigenvalue weighted by Gasteiger charge is -2.31. The van der Waals surface area contributed by atoms with Crippen LogP contribution in [0.5, 0.6) is 5.75 Å². The highest BCUT2D eigenvalue weighted by atomic mass is 32.2. The van der Waals surface area contributed by atoms with Crippen molar-refractivity contribution in [3.63, 3.8) is 0 Å². The maximum absolute atomic E-state index is 12.4. The molecule has 0 radical (unpaired) electrons. The fourth-order valence-electron chi connectivity index (χ4n) is 2.70. The first-order valence-electron chi connectivity index (χ1n) is 8.32. The summed E-state index contributed by atoms with van der Waals surface area (Å²) in [4.78, 5) is 12.0. The van der Waals surface area contributed by atoms with E-state index in [4.69, 9.17) is 0 Å². The van der Waals surface area contributed by atoms with Gasteiger partial charge in [0.1, 0.15) is 5.75 Å². The van der Waals surface area contributed by atoms with E-state index in [9.17, 15) is 22.0 Å². The van der Waals surface area contributed by atoms with Crippen LogP contribution >= 0.6 is 0 Å². The van der Waals surface area contributed by atoms with Gasteiger partial charge >= 0.3 is 6.61 Å². The van der Waals surface area contributed by atoms with Crippen LogP contribution < -0.4 is 10.1 Å². The van der Waals surface area contributed by atoms with Crippen molar-refractivity contribution >= 4 is 22.0 Å². The van der Waals surface area contributed by atoms with Gasteiger partial charge in [0.2, 0.25) is 15.9 Å². The highest BCUT2D eigenvalue weighted by Gasteiger charge is 2.27. The summed E-state index contributed by atoms with van der Waals surface area (Å²) in [6.45, 7) is -0.599. The van der Waals surface area contributed by atoms with E-state index in [2.05, 4.69) is 10.1 Å². The van der Waals surface area contributed by atoms with Crippen LogP contribution in [0.15, 0.2) is 30.3 Å². The molecule has 0 unspecified atom stereocenters. The SMILES string of the molecule is CCS(=O)(=O)N1CCC(NC(=O)C=Cc2ccccc2OC(F)F)CC1. The molecule has 0 spiro atoms. The Bertz CT molecular complexity index is 745. The van der Waals surface area contributed by atoms with Gasteiger partial charge in [0.25, 0.3) is 0 Å². The van der Waals surface area contributed by atoms with Crippen LogP contribution in [-0.4, -0.2) is 50.1 Å². The van der Waals surface area contributed by atoms with Crippen molar-refractivity contribution in [2.24, 2.45) is 0 Å². The first-order valence-corrected chi connectivity index (χ1v) is 9.93. The third kappa shape index (κ3) is 5.77. The van der Waals surface area contributed by atoms with E-state index in [1.807, 2.05) is 0 Å². The van der Waals surface area contributed by atoms with Crippen LogP contribution in [0.4, 0.5) is 8.78 Å². The molecule has 0 aliphatic carbocycles. The average molecular weight is 388 g/mol. The average Bonchev–Trinajstić information content (AvgIpc) is 2.61. The molecule has 1 amide bonds. The van der Waals surface area contributed by atoms with Gasteiger partial charge in [-0.1, -0.05) is 18.2 Å². The van der Waals surface area contributed by atoms with Gasteiger partial charge in [0, 0.05) is 30.8 Å². The number of alkyl halides is 2. The van der Waals surface area contributed by atoms with Crippen molar-refractivity contribution in [2.45, 2.75) is 32.4 Å². The number of para-hydroxylation sites is 1. The molecule has 1 saturated heterocycles. The second-order valence-electron chi connectivity index (χ2n) is 5.83. The summed E-state index contributed by atoms with van der Waals surface area (Å²) < 4.78 is 54.2. The summed E-state index contributed by atoms with van der Waals surface area (Å²) in [7, 11) is -3.20. The number of hydrogen-bond donors (Lipinski definition) is 1. The zero-order valence-electron chi connectivity index (χ0n) is 14.4. The highest BCUT2D eigenvalue weighted by molar-refractivity contribution is 7.89. The van der Waals surface area contributed by atoms with Crippen LogP contribution in [0.2, 0.25) is 0 Å². The number of ether oxygens (including phenoxy) is 1. The van der Waals surface area contributed by atoms with Gasteiger partial charge in [-0.25, -0.2) is 12.7 Å². The number of carbonyl (C=O) groups excluding carboxylic acids is 1. The molecule has 0 atom stereocenters. The van der Waals surface area contributed by atoms with Gasteiger partial charge in [0.05, 0.1) is 5.75 Å². The van der Waals surface area contributed by atoms with Crippen molar-refractivity contribution in [1.29, 1.82) is 0 Å². The summed E-state index contributed by atoms with van der Waals surface area (Å²) in [6.07, 6.45) is 3.72. The number of halogens is 2. The number of benzene rings is 1. The van der Waals surface area contributed by atoms with Crippen molar-refractivity contribution in [3.8, 4) is 5.75 Å². The molecule has 2 rings (SSSR count). The molecule has 1 aromatic rings. The molecule has 144 valence electrons. The lowest BCUT2D eigenvalue weighted by Crippen LogP contribution is -2.46. The Morgan fingerprint density at radius 2 is 2.00 bits per heavy atom. The minimum Gasteiger partial charge on any atom is -0.434 e. The van der Waals surface area contributed by atoms with E-state index in [0.717, 1.165) is 0 Å². The van der Waals surface area contributed by atoms with Crippen LogP contribution in [0.3, 0.4) is 0 Å². The standard InChI is InChI=1S/C17H22F2N2O4S/c1-2-26(23,24)21-11-9-14(10-12-21)20-16(22)8-7-13-5-3-4-6-15(13)25-17(18)19/h3-8,14,17H,2,9-12H2,1H3,(H,20,22). The molecule has 1 aliphatic heterocycles. The van der Waals surface area contributed by atoms with Crippen molar-refractivity contribution in [3.05, 3.63) is 35.9 Å². The van der Waals surface area contributed by atoms with E-state index >= 15 is 0 Å². The molecule has 1 N–H and O–H groups in total. The van der Waals surface area contributed by atoms with Crippen LogP contribution in [0, 0.1) is 0 Å². The lowest BCUT2D eigenvalue weighted by molar-refractivity contribution is -0.117. The van der Waals surface area contributed by atoms with Crippen LogP contribution in [-0.2, 0) is 14.8 Å². The molecule has 1 heterocycles. The third-order valence-corrected chi connectivity index (χ3v) is 5.99. The smallest absolute Gasteiger partial charge is 0.387 e. The number of nitrogens with zero attached hydrogens (tertiary/aromatic N) is 1. The number of carbonyl (C=O) groups is 1. The fraction of sp³-hybridized carbons (Fsp3) is 0.471. The molecular formula is C17H22F2N2O4S. The predicted molar refractivity (Wildman–Crippen MR) is 94.3 cm³/mol. The van der Waals surface area contributed by atoms with Crippen LogP contribution in [0.1, 0.15) is 25.3 Å². The van der Waals surface area contributed by atoms with Crippen molar-refractivity contribution < 1.29 is 26.7 Å². The second-order valence-corrected chi connectivity index (χ2v) is 8.09. The molecule has 9 heteroatoms. The second kappa shape index (κ2) is 9.09. The largest absolute Gasteiger partial charge is 0.434 e. The maximum Gasteiger partial charge on any atom is 0.387 e. The minimum atomic E-state index is -3.20. The third-order valence-electron chi connectivity index (χ3n) is 4.11. The number of nitrogens with one attached hydrogen (secondary N) is 1. The summed E-state index contributed by atoms with van der Waals surface area (Å²) in [5.74, 6) is -0.314. The van der Waals surface area contributed by atoms with E-state index in [1.165, 1.54) is 22.5 Å². The Labute approximate surface area is 151 Å². The highest BCUT2D eigenvalue weighted by Crippen LogP contribution is 2.21. The van der Waals surface area contributed by atoms with Crippen molar-refractivity contribution in [1.82, 2.24) is 9.62 Å². The van der Waals surface area contributed by atoms with Crippen LogP contribution in [0.25, 0.3) is 6.08 Å². The summed E-state index contributed by atoms with van der Waals surface area (Å²) >= 11 is 0. The zero-order valence-corrected chi connectivity index (χ0v) is 15.2. The molecule has 1 fully saturated rings. The van der Waals surface area contributed by atoms with Gasteiger partial charge in [-0.05, 0) is 31.9 Å². The Morgan fingerprint density at radius 3 is 2.62 bits per heavy atom. The van der Waals surface area contributed by atoms with Gasteiger partial charge < -0.3 is 10.1 Å². The van der Waals surface area contributed by atoms with E-state index < -0.39 is 16.6 Å². The van der Waals surface area contributed by atoms with Gasteiger partial charge in [-0.3, -0.25) is 4.79 Å². The lowest BCUT2D eigenvalue weighted by atomic mass is 10.1. The number of rotatable bonds is 7. The zero-order chi connectivity index (χ0) is 19.2. The molecule has 1 aliphatic rings. The minimum absolute atomic E-state index is 0.00960. The molecule has 0 aromatic heterocycles. The van der Waals surface area contributed by atoms with E-state index in [1.54, 1.807) is 25.1 Å². The predicted octanol–water partition coefficient (Wildman–Crippen LogP) is 2.23. The normalized spacial score (nSPS) is 16.9. The van der Waals surface area contributed by atoms with Gasteiger partial charge in [-0.2, -0.15) is 8.78 Å². The number of amides is 1. The van der Waals surface area contributed by atoms with E-state index in [-0.39, 0.29) is 23.5 Å². The number of piperidine rings is 1. The molecule has 0 saturated carbocycles. The Hall–Kier alpha value is -2.00. The molecule has 6 nitrogen and oxygen atoms in total. The molecule has 26 heavy (non-hydrogen) atoms. The Kier molecular flexibility index (Phi) is 7.10. The summed E-state index contributed by atoms with van der Waals surface area (Å²) in [6, 6.07) is 6.05. The first-order chi connectivity index (χ1) is 12.3. The molecular weight excluding hydrogens is 366 g/mol. The summed E-state index contributed by atoms with van der Waals surface area (Å²) in [5.41, 5.74) is 0.367. The quantitative estimate of drug-likeness (QED) is 0.727. The Balaban J connectivity index is 1.89. The number of sulfonamides is 1. The maximum atomic E-state index is 12.4. The fourth-order valence-corrected chi connectivity index (χ4v) is 3.83. The monoisotopic (exact) mass is 388 g/mol. The van der Waals surface area contributed by atoms with Gasteiger partial charge in [-0.15, -0.1) is 0 Å². The summed E-state index contributed by atoms with van der Waals surface area (Å²) in [5, 5.41) is 2.80. The Morgan fingerprint density at radius 1 is 1.35 bits per heavy atom. The van der Waals surface area contributed by atoms with Gasteiger partial charge in [0.15, 0.2) is 0 Å². The topological polar surface area (TPSA) is 75.7 Å². The molecule has 0 bridgehead atoms. The van der Waals surface area contributed by atoms with Crippen molar-refractivity contribution in [2.75, 3.05) is 18.8 Å². The number of hydrogen-bond acceptors (Lipinski definition) is 4. The first kappa shape index (κ1) is 20.3.